The number of aryl methyl sites for hydroxylation is 1. The van der Waals surface area contributed by atoms with Crippen LogP contribution in [-0.4, -0.2) is 28.7 Å². The molecule has 21 heavy (non-hydrogen) atoms. The zero-order valence-corrected chi connectivity index (χ0v) is 11.9. The van der Waals surface area contributed by atoms with Gasteiger partial charge in [0.25, 0.3) is 0 Å². The van der Waals surface area contributed by atoms with E-state index in [0.717, 1.165) is 24.5 Å². The Hall–Kier alpha value is -1.76. The number of hydrogen-bond acceptors (Lipinski definition) is 3. The third-order valence-corrected chi connectivity index (χ3v) is 3.64. The van der Waals surface area contributed by atoms with Gasteiger partial charge in [0.2, 0.25) is 0 Å². The highest BCUT2D eigenvalue weighted by Crippen LogP contribution is 2.35. The maximum atomic E-state index is 12.9. The number of alkyl halides is 3. The Bertz CT molecular complexity index is 733. The van der Waals surface area contributed by atoms with Crippen LogP contribution in [0, 0.1) is 6.92 Å². The van der Waals surface area contributed by atoms with Crippen LogP contribution in [0.1, 0.15) is 11.1 Å². The molecule has 2 aromatic rings. The molecule has 1 N–H and O–H groups in total. The summed E-state index contributed by atoms with van der Waals surface area (Å²) in [4.78, 5) is 4.26. The Morgan fingerprint density at radius 3 is 2.76 bits per heavy atom. The molecule has 1 aromatic heterocycles. The van der Waals surface area contributed by atoms with Crippen LogP contribution >= 0.6 is 11.6 Å². The molecule has 1 aromatic carbocycles. The van der Waals surface area contributed by atoms with E-state index in [1.807, 2.05) is 0 Å². The summed E-state index contributed by atoms with van der Waals surface area (Å²) < 4.78 is 40.2. The van der Waals surface area contributed by atoms with Gasteiger partial charge in [-0.15, -0.1) is 0 Å². The highest BCUT2D eigenvalue weighted by atomic mass is 35.5. The van der Waals surface area contributed by atoms with Gasteiger partial charge in [-0.05, 0) is 24.6 Å². The minimum absolute atomic E-state index is 0.0674. The average molecular weight is 317 g/mol. The molecular weight excluding hydrogens is 305 g/mol. The molecular formula is C13H12ClF3N4. The van der Waals surface area contributed by atoms with E-state index in [1.165, 1.54) is 0 Å². The van der Waals surface area contributed by atoms with Crippen LogP contribution in [0.5, 0.6) is 0 Å². The monoisotopic (exact) mass is 316 g/mol. The van der Waals surface area contributed by atoms with E-state index in [1.54, 1.807) is 11.6 Å². The van der Waals surface area contributed by atoms with Crippen molar-refractivity contribution in [3.8, 4) is 0 Å². The Kier molecular flexibility index (Phi) is 3.32. The zero-order chi connectivity index (χ0) is 15.2. The summed E-state index contributed by atoms with van der Waals surface area (Å²) in [5.74, 6) is 0.760. The van der Waals surface area contributed by atoms with Gasteiger partial charge in [-0.25, -0.2) is 0 Å². The number of benzene rings is 1. The first-order valence-corrected chi connectivity index (χ1v) is 6.75. The van der Waals surface area contributed by atoms with Gasteiger partial charge in [-0.2, -0.15) is 18.3 Å². The van der Waals surface area contributed by atoms with Crippen molar-refractivity contribution < 1.29 is 13.2 Å². The second-order valence-corrected chi connectivity index (χ2v) is 5.25. The molecule has 0 saturated heterocycles. The number of fused-ring (bicyclic) bond motifs is 1. The SMILES string of the molecule is Cc1cc(C(F)(F)F)cc2c(Cl)nn(CC3=NCCN3)c12. The van der Waals surface area contributed by atoms with E-state index in [9.17, 15) is 13.2 Å². The van der Waals surface area contributed by atoms with Crippen LogP contribution in [0.4, 0.5) is 13.2 Å². The van der Waals surface area contributed by atoms with Crippen molar-refractivity contribution in [3.05, 3.63) is 28.4 Å². The van der Waals surface area contributed by atoms with Crippen molar-refractivity contribution in [2.45, 2.75) is 19.6 Å². The number of nitrogens with one attached hydrogen (secondary N) is 1. The quantitative estimate of drug-likeness (QED) is 0.925. The van der Waals surface area contributed by atoms with Gasteiger partial charge in [0.15, 0.2) is 5.15 Å². The highest BCUT2D eigenvalue weighted by Gasteiger charge is 2.32. The Morgan fingerprint density at radius 1 is 1.38 bits per heavy atom. The second-order valence-electron chi connectivity index (χ2n) is 4.89. The van der Waals surface area contributed by atoms with Crippen LogP contribution in [0.2, 0.25) is 5.15 Å². The fourth-order valence-corrected chi connectivity index (χ4v) is 2.70. The van der Waals surface area contributed by atoms with Crippen LogP contribution in [0.3, 0.4) is 0 Å². The zero-order valence-electron chi connectivity index (χ0n) is 11.1. The lowest BCUT2D eigenvalue weighted by atomic mass is 10.1. The van der Waals surface area contributed by atoms with E-state index in [-0.39, 0.29) is 5.15 Å². The molecule has 0 atom stereocenters. The van der Waals surface area contributed by atoms with E-state index < -0.39 is 11.7 Å². The predicted molar refractivity (Wildman–Crippen MR) is 74.8 cm³/mol. The van der Waals surface area contributed by atoms with Gasteiger partial charge < -0.3 is 5.32 Å². The molecule has 8 heteroatoms. The molecule has 0 radical (unpaired) electrons. The molecule has 0 bridgehead atoms. The molecule has 3 rings (SSSR count). The Labute approximate surface area is 123 Å². The largest absolute Gasteiger partial charge is 0.416 e. The first kappa shape index (κ1) is 14.2. The fourth-order valence-electron chi connectivity index (χ4n) is 2.46. The van der Waals surface area contributed by atoms with Crippen molar-refractivity contribution >= 4 is 28.3 Å². The van der Waals surface area contributed by atoms with Crippen molar-refractivity contribution in [2.75, 3.05) is 13.1 Å². The summed E-state index contributed by atoms with van der Waals surface area (Å²) in [6, 6.07) is 2.15. The minimum Gasteiger partial charge on any atom is -0.370 e. The first-order chi connectivity index (χ1) is 9.86. The molecule has 0 spiro atoms. The van der Waals surface area contributed by atoms with E-state index in [4.69, 9.17) is 11.6 Å². The number of halogens is 4. The molecule has 1 aliphatic heterocycles. The number of aliphatic imine (C=N–C) groups is 1. The van der Waals surface area contributed by atoms with Gasteiger partial charge in [0, 0.05) is 11.9 Å². The molecule has 0 amide bonds. The van der Waals surface area contributed by atoms with Crippen LogP contribution in [-0.2, 0) is 12.7 Å². The van der Waals surface area contributed by atoms with Gasteiger partial charge in [0.1, 0.15) is 5.84 Å². The maximum absolute atomic E-state index is 12.9. The van der Waals surface area contributed by atoms with Crippen LogP contribution in [0.15, 0.2) is 17.1 Å². The van der Waals surface area contributed by atoms with Gasteiger partial charge in [0.05, 0.1) is 24.2 Å². The van der Waals surface area contributed by atoms with Crippen molar-refractivity contribution in [2.24, 2.45) is 4.99 Å². The summed E-state index contributed by atoms with van der Waals surface area (Å²) in [5, 5.41) is 7.61. The second kappa shape index (κ2) is 4.91. The molecule has 2 heterocycles. The van der Waals surface area contributed by atoms with Gasteiger partial charge in [-0.1, -0.05) is 11.6 Å². The molecule has 112 valence electrons. The number of amidine groups is 1. The number of rotatable bonds is 2. The predicted octanol–water partition coefficient (Wildman–Crippen LogP) is 3.02. The number of hydrogen-bond donors (Lipinski definition) is 1. The lowest BCUT2D eigenvalue weighted by Crippen LogP contribution is -2.24. The normalized spacial score (nSPS) is 15.4. The summed E-state index contributed by atoms with van der Waals surface area (Å²) in [7, 11) is 0. The van der Waals surface area contributed by atoms with Crippen molar-refractivity contribution in [1.82, 2.24) is 15.1 Å². The first-order valence-electron chi connectivity index (χ1n) is 6.37. The summed E-state index contributed by atoms with van der Waals surface area (Å²) in [5.41, 5.74) is 0.368. The Morgan fingerprint density at radius 2 is 2.14 bits per heavy atom. The highest BCUT2D eigenvalue weighted by molar-refractivity contribution is 6.34. The molecule has 4 nitrogen and oxygen atoms in total. The summed E-state index contributed by atoms with van der Waals surface area (Å²) >= 11 is 6.00. The van der Waals surface area contributed by atoms with Crippen LogP contribution in [0.25, 0.3) is 10.9 Å². The van der Waals surface area contributed by atoms with Crippen molar-refractivity contribution in [1.29, 1.82) is 0 Å². The van der Waals surface area contributed by atoms with Gasteiger partial charge in [-0.3, -0.25) is 9.67 Å². The molecule has 0 fully saturated rings. The fraction of sp³-hybridized carbons (Fsp3) is 0.385. The topological polar surface area (TPSA) is 42.2 Å². The lowest BCUT2D eigenvalue weighted by Gasteiger charge is -2.10. The number of aromatic nitrogens is 2. The summed E-state index contributed by atoms with van der Waals surface area (Å²) in [6.45, 7) is 3.45. The molecule has 0 aliphatic carbocycles. The standard InChI is InChI=1S/C13H12ClF3N4/c1-7-4-8(13(15,16)17)5-9-11(7)21(20-12(9)14)6-10-18-2-3-19-10/h4-5H,2-3,6H2,1H3,(H,18,19). The molecule has 0 unspecified atom stereocenters. The third kappa shape index (κ3) is 2.57. The van der Waals surface area contributed by atoms with E-state index >= 15 is 0 Å². The maximum Gasteiger partial charge on any atom is 0.416 e. The van der Waals surface area contributed by atoms with E-state index in [0.29, 0.717) is 29.6 Å². The number of nitrogens with zero attached hydrogens (tertiary/aromatic N) is 3. The van der Waals surface area contributed by atoms with E-state index in [2.05, 4.69) is 15.4 Å². The Balaban J connectivity index is 2.12. The third-order valence-electron chi connectivity index (χ3n) is 3.36. The van der Waals surface area contributed by atoms with Crippen LogP contribution < -0.4 is 5.32 Å². The summed E-state index contributed by atoms with van der Waals surface area (Å²) in [6.07, 6.45) is -4.40. The lowest BCUT2D eigenvalue weighted by molar-refractivity contribution is -0.137. The molecule has 0 saturated carbocycles. The molecule has 1 aliphatic rings. The average Bonchev–Trinajstić information content (AvgIpc) is 2.98. The van der Waals surface area contributed by atoms with Crippen molar-refractivity contribution in [3.63, 3.8) is 0 Å². The smallest absolute Gasteiger partial charge is 0.370 e. The van der Waals surface area contributed by atoms with Gasteiger partial charge >= 0.3 is 6.18 Å². The minimum atomic E-state index is -4.40.